The lowest BCUT2D eigenvalue weighted by Gasteiger charge is -2.25. The van der Waals surface area contributed by atoms with Crippen molar-refractivity contribution in [1.82, 2.24) is 25.0 Å². The molecule has 1 N–H and O–H groups in total. The Balaban J connectivity index is 0.00000196. The number of hydrogen-bond donors (Lipinski definition) is 1. The molecule has 1 aromatic rings. The Morgan fingerprint density at radius 1 is 1.19 bits per heavy atom. The number of amides is 1. The lowest BCUT2D eigenvalue weighted by molar-refractivity contribution is -0.126. The van der Waals surface area contributed by atoms with Crippen LogP contribution in [0.5, 0.6) is 0 Å². The predicted molar refractivity (Wildman–Crippen MR) is 103 cm³/mol. The first kappa shape index (κ1) is 19.6. The molecule has 1 aliphatic heterocycles. The van der Waals surface area contributed by atoms with E-state index in [1.165, 1.54) is 32.1 Å². The summed E-state index contributed by atoms with van der Waals surface area (Å²) >= 11 is 0. The second-order valence-corrected chi connectivity index (χ2v) is 8.14. The Labute approximate surface area is 162 Å². The first-order valence-corrected chi connectivity index (χ1v) is 10.1. The van der Waals surface area contributed by atoms with Gasteiger partial charge in [0.2, 0.25) is 5.91 Å². The topological polar surface area (TPSA) is 63.1 Å². The van der Waals surface area contributed by atoms with E-state index < -0.39 is 0 Å². The van der Waals surface area contributed by atoms with Gasteiger partial charge in [-0.1, -0.05) is 19.3 Å². The van der Waals surface area contributed by atoms with Crippen LogP contribution in [0.1, 0.15) is 57.7 Å². The van der Waals surface area contributed by atoms with Crippen LogP contribution in [0.4, 0.5) is 0 Å². The zero-order chi connectivity index (χ0) is 17.2. The minimum atomic E-state index is 0. The van der Waals surface area contributed by atoms with E-state index in [0.717, 1.165) is 50.8 Å². The lowest BCUT2D eigenvalue weighted by atomic mass is 9.88. The van der Waals surface area contributed by atoms with Gasteiger partial charge < -0.3 is 5.32 Å². The third-order valence-electron chi connectivity index (χ3n) is 6.33. The van der Waals surface area contributed by atoms with E-state index in [1.54, 1.807) is 6.33 Å². The number of carbonyl (C=O) groups is 1. The van der Waals surface area contributed by atoms with Crippen molar-refractivity contribution >= 4 is 18.3 Å². The van der Waals surface area contributed by atoms with Gasteiger partial charge in [-0.3, -0.25) is 9.69 Å². The maximum Gasteiger partial charge on any atom is 0.223 e. The zero-order valence-electron chi connectivity index (χ0n) is 15.8. The second kappa shape index (κ2) is 8.70. The molecular weight excluding hydrogens is 350 g/mol. The summed E-state index contributed by atoms with van der Waals surface area (Å²) in [5.74, 6) is 3.03. The molecule has 26 heavy (non-hydrogen) atoms. The number of halogens is 1. The SMILES string of the molecule is CCn1ncnc1CN1C[C@H](NC(=O)C2CCCCC2)[C@@H](C2CC2)C1.Cl. The molecule has 3 fully saturated rings. The minimum Gasteiger partial charge on any atom is -0.352 e. The molecule has 0 bridgehead atoms. The van der Waals surface area contributed by atoms with Crippen LogP contribution >= 0.6 is 12.4 Å². The van der Waals surface area contributed by atoms with Crippen LogP contribution in [0.25, 0.3) is 0 Å². The molecule has 0 radical (unpaired) electrons. The van der Waals surface area contributed by atoms with E-state index >= 15 is 0 Å². The maximum absolute atomic E-state index is 12.7. The Morgan fingerprint density at radius 2 is 1.96 bits per heavy atom. The number of aryl methyl sites for hydroxylation is 1. The Morgan fingerprint density at radius 3 is 2.65 bits per heavy atom. The van der Waals surface area contributed by atoms with Gasteiger partial charge in [-0.25, -0.2) is 9.67 Å². The van der Waals surface area contributed by atoms with Gasteiger partial charge in [-0.2, -0.15) is 5.10 Å². The first-order chi connectivity index (χ1) is 12.2. The Bertz CT molecular complexity index is 597. The molecule has 1 saturated heterocycles. The fraction of sp³-hybridized carbons (Fsp3) is 0.842. The van der Waals surface area contributed by atoms with Gasteiger partial charge in [-0.15, -0.1) is 12.4 Å². The average Bonchev–Trinajstić information content (AvgIpc) is 3.26. The van der Waals surface area contributed by atoms with Crippen LogP contribution < -0.4 is 5.32 Å². The van der Waals surface area contributed by atoms with Gasteiger partial charge in [0.05, 0.1) is 6.54 Å². The van der Waals surface area contributed by atoms with Crippen LogP contribution in [-0.2, 0) is 17.9 Å². The molecular formula is C19H32ClN5O. The lowest BCUT2D eigenvalue weighted by Crippen LogP contribution is -2.44. The number of likely N-dealkylation sites (tertiary alicyclic amines) is 1. The highest BCUT2D eigenvalue weighted by atomic mass is 35.5. The van der Waals surface area contributed by atoms with Gasteiger partial charge in [0.15, 0.2) is 0 Å². The average molecular weight is 382 g/mol. The highest BCUT2D eigenvalue weighted by molar-refractivity contribution is 5.85. The molecule has 6 nitrogen and oxygen atoms in total. The molecule has 3 aliphatic rings. The normalized spacial score (nSPS) is 27.3. The molecule has 7 heteroatoms. The van der Waals surface area contributed by atoms with E-state index in [4.69, 9.17) is 0 Å². The van der Waals surface area contributed by atoms with Crippen molar-refractivity contribution < 1.29 is 4.79 Å². The van der Waals surface area contributed by atoms with Crippen molar-refractivity contribution in [2.75, 3.05) is 13.1 Å². The summed E-state index contributed by atoms with van der Waals surface area (Å²) in [4.78, 5) is 19.6. The number of aromatic nitrogens is 3. The van der Waals surface area contributed by atoms with Crippen molar-refractivity contribution in [1.29, 1.82) is 0 Å². The van der Waals surface area contributed by atoms with Crippen LogP contribution in [0.2, 0.25) is 0 Å². The first-order valence-electron chi connectivity index (χ1n) is 10.1. The van der Waals surface area contributed by atoms with Crippen molar-refractivity contribution in [3.63, 3.8) is 0 Å². The molecule has 2 aliphatic carbocycles. The van der Waals surface area contributed by atoms with E-state index in [0.29, 0.717) is 17.9 Å². The maximum atomic E-state index is 12.7. The third-order valence-corrected chi connectivity index (χ3v) is 6.33. The van der Waals surface area contributed by atoms with Gasteiger partial charge in [0.25, 0.3) is 0 Å². The fourth-order valence-corrected chi connectivity index (χ4v) is 4.74. The van der Waals surface area contributed by atoms with E-state index in [1.807, 2.05) is 4.68 Å². The van der Waals surface area contributed by atoms with Gasteiger partial charge in [0.1, 0.15) is 12.2 Å². The monoisotopic (exact) mass is 381 g/mol. The van der Waals surface area contributed by atoms with Crippen LogP contribution in [0.3, 0.4) is 0 Å². The van der Waals surface area contributed by atoms with Crippen molar-refractivity contribution in [2.24, 2.45) is 17.8 Å². The number of carbonyl (C=O) groups excluding carboxylic acids is 1. The van der Waals surface area contributed by atoms with Crippen molar-refractivity contribution in [2.45, 2.75) is 71.0 Å². The zero-order valence-corrected chi connectivity index (χ0v) is 16.6. The van der Waals surface area contributed by atoms with Gasteiger partial charge in [0, 0.05) is 31.6 Å². The fourth-order valence-electron chi connectivity index (χ4n) is 4.74. The molecule has 1 aromatic heterocycles. The van der Waals surface area contributed by atoms with Crippen LogP contribution in [0, 0.1) is 17.8 Å². The Hall–Kier alpha value is -1.14. The molecule has 146 valence electrons. The number of hydrogen-bond acceptors (Lipinski definition) is 4. The summed E-state index contributed by atoms with van der Waals surface area (Å²) in [6.45, 7) is 5.83. The molecule has 0 aromatic carbocycles. The largest absolute Gasteiger partial charge is 0.352 e. The molecule has 4 rings (SSSR count). The summed E-state index contributed by atoms with van der Waals surface area (Å²) in [5, 5.41) is 7.72. The summed E-state index contributed by atoms with van der Waals surface area (Å²) < 4.78 is 1.97. The van der Waals surface area contributed by atoms with Crippen LogP contribution in [0.15, 0.2) is 6.33 Å². The number of rotatable bonds is 6. The van der Waals surface area contributed by atoms with E-state index in [9.17, 15) is 4.79 Å². The highest BCUT2D eigenvalue weighted by Gasteiger charge is 2.43. The van der Waals surface area contributed by atoms with Gasteiger partial charge >= 0.3 is 0 Å². The second-order valence-electron chi connectivity index (χ2n) is 8.14. The van der Waals surface area contributed by atoms with Gasteiger partial charge in [-0.05, 0) is 44.4 Å². The Kier molecular flexibility index (Phi) is 6.56. The summed E-state index contributed by atoms with van der Waals surface area (Å²) in [7, 11) is 0. The summed E-state index contributed by atoms with van der Waals surface area (Å²) in [6, 6.07) is 0.319. The molecule has 1 amide bonds. The smallest absolute Gasteiger partial charge is 0.223 e. The highest BCUT2D eigenvalue weighted by Crippen LogP contribution is 2.42. The molecule has 2 atom stereocenters. The molecule has 2 saturated carbocycles. The number of nitrogens with zero attached hydrogens (tertiary/aromatic N) is 4. The summed E-state index contributed by atoms with van der Waals surface area (Å²) in [5.41, 5.74) is 0. The summed E-state index contributed by atoms with van der Waals surface area (Å²) in [6.07, 6.45) is 10.2. The molecule has 2 heterocycles. The number of nitrogens with one attached hydrogen (secondary N) is 1. The van der Waals surface area contributed by atoms with Crippen LogP contribution in [-0.4, -0.2) is 44.7 Å². The quantitative estimate of drug-likeness (QED) is 0.822. The van der Waals surface area contributed by atoms with Crippen molar-refractivity contribution in [3.05, 3.63) is 12.2 Å². The van der Waals surface area contributed by atoms with E-state index in [-0.39, 0.29) is 18.3 Å². The minimum absolute atomic E-state index is 0. The standard InChI is InChI=1S/C19H31N5O.ClH/c1-2-24-18(20-13-21-24)12-23-10-16(14-8-9-14)17(11-23)22-19(25)15-6-4-3-5-7-15;/h13-17H,2-12H2,1H3,(H,22,25);1H/t16-,17+;/m1./s1. The van der Waals surface area contributed by atoms with Crippen molar-refractivity contribution in [3.8, 4) is 0 Å². The van der Waals surface area contributed by atoms with E-state index in [2.05, 4.69) is 27.2 Å². The third kappa shape index (κ3) is 4.39. The molecule has 0 spiro atoms. The predicted octanol–water partition coefficient (Wildman–Crippen LogP) is 2.63. The molecule has 0 unspecified atom stereocenters.